The second-order valence-electron chi connectivity index (χ2n) is 7.26. The van der Waals surface area contributed by atoms with Gasteiger partial charge in [0.2, 0.25) is 5.91 Å². The summed E-state index contributed by atoms with van der Waals surface area (Å²) in [4.78, 5) is 52.1. The summed E-state index contributed by atoms with van der Waals surface area (Å²) in [6.07, 6.45) is 4.44. The van der Waals surface area contributed by atoms with Crippen molar-refractivity contribution in [2.24, 2.45) is 0 Å². The largest absolute Gasteiger partial charge is 0.483 e. The van der Waals surface area contributed by atoms with E-state index in [-0.39, 0.29) is 38.0 Å². The second kappa shape index (κ2) is 15.1. The Morgan fingerprint density at radius 2 is 1.82 bits per heavy atom. The molecule has 180 valence electrons. The summed E-state index contributed by atoms with van der Waals surface area (Å²) in [7, 11) is 0. The molecule has 33 heavy (non-hydrogen) atoms. The summed E-state index contributed by atoms with van der Waals surface area (Å²) >= 11 is 0. The minimum Gasteiger partial charge on any atom is -0.483 e. The van der Waals surface area contributed by atoms with E-state index in [1.807, 2.05) is 25.1 Å². The molecule has 1 saturated heterocycles. The van der Waals surface area contributed by atoms with Crippen LogP contribution in [-0.2, 0) is 32.3 Å². The molecule has 11 nitrogen and oxygen atoms in total. The van der Waals surface area contributed by atoms with Gasteiger partial charge in [0.05, 0.1) is 24.5 Å². The molecule has 0 spiro atoms. The molecule has 1 fully saturated rings. The van der Waals surface area contributed by atoms with Crippen molar-refractivity contribution >= 4 is 24.8 Å². The molecule has 1 atom stereocenters. The van der Waals surface area contributed by atoms with Crippen LogP contribution in [0.4, 0.5) is 0 Å². The molecular formula is C22H30N4O7. The highest BCUT2D eigenvalue weighted by molar-refractivity contribution is 5.85. The number of aliphatic carboxylic acids is 1. The van der Waals surface area contributed by atoms with Crippen molar-refractivity contribution in [3.63, 3.8) is 0 Å². The molecule has 11 heteroatoms. The number of H-pyrrole nitrogens is 1. The first-order chi connectivity index (χ1) is 15.9. The Morgan fingerprint density at radius 3 is 2.36 bits per heavy atom. The first-order valence-electron chi connectivity index (χ1n) is 10.3. The number of nitrogens with zero attached hydrogens (tertiary/aromatic N) is 3. The number of likely N-dealkylation sites (tertiary alicyclic amines) is 1. The number of hydrogen-bond donors (Lipinski definition) is 4. The number of benzene rings is 1. The molecule has 1 aliphatic rings. The molecule has 2 aromatic rings. The zero-order chi connectivity index (χ0) is 24.6. The molecule has 0 aliphatic carbocycles. The van der Waals surface area contributed by atoms with Gasteiger partial charge in [0.25, 0.3) is 12.9 Å². The zero-order valence-corrected chi connectivity index (χ0v) is 18.5. The molecule has 1 amide bonds. The summed E-state index contributed by atoms with van der Waals surface area (Å²) in [6, 6.07) is 9.78. The first kappa shape index (κ1) is 27.3. The normalized spacial score (nSPS) is 15.1. The van der Waals surface area contributed by atoms with Gasteiger partial charge < -0.3 is 25.2 Å². The van der Waals surface area contributed by atoms with Gasteiger partial charge >= 0.3 is 5.97 Å². The number of piperidine rings is 1. The fourth-order valence-corrected chi connectivity index (χ4v) is 3.62. The smallest absolute Gasteiger partial charge is 0.323 e. The van der Waals surface area contributed by atoms with Crippen molar-refractivity contribution in [3.05, 3.63) is 53.6 Å². The maximum Gasteiger partial charge on any atom is 0.323 e. The van der Waals surface area contributed by atoms with Gasteiger partial charge in [-0.25, -0.2) is 4.98 Å². The fraction of sp³-hybridized carbons (Fsp3) is 0.409. The number of carbonyl (C=O) groups excluding carboxylic acids is 1. The summed E-state index contributed by atoms with van der Waals surface area (Å²) in [5.74, 6) is -0.388. The summed E-state index contributed by atoms with van der Waals surface area (Å²) in [6.45, 7) is 2.78. The second-order valence-corrected chi connectivity index (χ2v) is 7.26. The fourth-order valence-electron chi connectivity index (χ4n) is 3.62. The molecule has 4 N–H and O–H groups in total. The Labute approximate surface area is 191 Å². The maximum atomic E-state index is 13.2. The van der Waals surface area contributed by atoms with Crippen LogP contribution in [0.25, 0.3) is 0 Å². The Bertz CT molecular complexity index is 867. The van der Waals surface area contributed by atoms with Gasteiger partial charge in [-0.2, -0.15) is 0 Å². The predicted molar refractivity (Wildman–Crippen MR) is 118 cm³/mol. The van der Waals surface area contributed by atoms with Gasteiger partial charge in [0, 0.05) is 6.54 Å². The highest BCUT2D eigenvalue weighted by Crippen LogP contribution is 2.22. The van der Waals surface area contributed by atoms with Crippen molar-refractivity contribution in [2.75, 3.05) is 13.1 Å². The van der Waals surface area contributed by atoms with Crippen molar-refractivity contribution < 1.29 is 34.5 Å². The van der Waals surface area contributed by atoms with Crippen LogP contribution < -0.4 is 0 Å². The Balaban J connectivity index is 0.000000819. The van der Waals surface area contributed by atoms with Gasteiger partial charge in [-0.1, -0.05) is 36.8 Å². The van der Waals surface area contributed by atoms with Crippen molar-refractivity contribution in [1.29, 1.82) is 0 Å². The third-order valence-corrected chi connectivity index (χ3v) is 4.88. The molecule has 1 aromatic heterocycles. The van der Waals surface area contributed by atoms with Crippen LogP contribution in [0.3, 0.4) is 0 Å². The van der Waals surface area contributed by atoms with Crippen LogP contribution in [0.1, 0.15) is 36.3 Å². The van der Waals surface area contributed by atoms with Gasteiger partial charge in [-0.05, 0) is 31.9 Å². The van der Waals surface area contributed by atoms with E-state index < -0.39 is 5.97 Å². The minimum absolute atomic E-state index is 0.125. The van der Waals surface area contributed by atoms with E-state index in [0.717, 1.165) is 42.9 Å². The van der Waals surface area contributed by atoms with Crippen LogP contribution in [0.5, 0.6) is 0 Å². The van der Waals surface area contributed by atoms with Crippen molar-refractivity contribution in [1.82, 2.24) is 19.8 Å². The number of nitrogens with one attached hydrogen (secondary N) is 1. The van der Waals surface area contributed by atoms with Gasteiger partial charge in [0.1, 0.15) is 12.4 Å². The molecule has 3 rings (SSSR count). The van der Waals surface area contributed by atoms with E-state index in [4.69, 9.17) is 19.8 Å². The van der Waals surface area contributed by atoms with Crippen LogP contribution in [0.2, 0.25) is 0 Å². The Kier molecular flexibility index (Phi) is 12.5. The number of carboxylic acid groups (broad SMARTS) is 3. The van der Waals surface area contributed by atoms with Crippen LogP contribution in [0, 0.1) is 6.92 Å². The highest BCUT2D eigenvalue weighted by atomic mass is 16.4. The quantitative estimate of drug-likeness (QED) is 0.447. The number of aromatic nitrogens is 2. The summed E-state index contributed by atoms with van der Waals surface area (Å²) in [5.41, 5.74) is 1.90. The number of amides is 1. The lowest BCUT2D eigenvalue weighted by Crippen LogP contribution is -2.51. The lowest BCUT2D eigenvalue weighted by molar-refractivity contribution is -0.148. The van der Waals surface area contributed by atoms with E-state index in [9.17, 15) is 14.7 Å². The van der Waals surface area contributed by atoms with E-state index in [1.165, 1.54) is 4.90 Å². The van der Waals surface area contributed by atoms with E-state index >= 15 is 0 Å². The number of rotatable bonds is 7. The molecule has 1 unspecified atom stereocenters. The average Bonchev–Trinajstić information content (AvgIpc) is 3.19. The van der Waals surface area contributed by atoms with Gasteiger partial charge in [-0.3, -0.25) is 24.1 Å². The van der Waals surface area contributed by atoms with Crippen molar-refractivity contribution in [3.8, 4) is 0 Å². The third kappa shape index (κ3) is 9.95. The lowest BCUT2D eigenvalue weighted by Gasteiger charge is -2.37. The molecule has 0 bridgehead atoms. The molecule has 0 radical (unpaired) electrons. The number of aromatic amines is 1. The van der Waals surface area contributed by atoms with Gasteiger partial charge in [0.15, 0.2) is 0 Å². The molecular weight excluding hydrogens is 432 g/mol. The Hall–Kier alpha value is -3.73. The van der Waals surface area contributed by atoms with E-state index in [0.29, 0.717) is 6.54 Å². The number of carbonyl (C=O) groups is 4. The van der Waals surface area contributed by atoms with Crippen molar-refractivity contribution in [2.45, 2.75) is 45.3 Å². The van der Waals surface area contributed by atoms with E-state index in [1.54, 1.807) is 6.20 Å². The van der Waals surface area contributed by atoms with Crippen LogP contribution in [0.15, 0.2) is 36.5 Å². The highest BCUT2D eigenvalue weighted by Gasteiger charge is 2.33. The maximum absolute atomic E-state index is 13.2. The van der Waals surface area contributed by atoms with Crippen LogP contribution >= 0.6 is 0 Å². The van der Waals surface area contributed by atoms with E-state index in [2.05, 4.69) is 27.0 Å². The zero-order valence-electron chi connectivity index (χ0n) is 18.5. The summed E-state index contributed by atoms with van der Waals surface area (Å²) in [5, 5.41) is 23.1. The average molecular weight is 463 g/mol. The number of hydrogen-bond acceptors (Lipinski definition) is 6. The minimum atomic E-state index is -1.01. The molecule has 1 aliphatic heterocycles. The number of imidazole rings is 1. The molecule has 0 saturated carbocycles. The molecule has 2 heterocycles. The lowest BCUT2D eigenvalue weighted by atomic mass is 9.99. The molecule has 1 aromatic carbocycles. The number of carboxylic acids is 1. The predicted octanol–water partition coefficient (Wildman–Crippen LogP) is 1.59. The topological polar surface area (TPSA) is 164 Å². The SMILES string of the molecule is Cc1ncc(CN(CC(=O)O)C(=O)C2CCCCN2Cc2ccccc2)[nH]1.O=CO.O=CO. The number of aryl methyl sites for hydroxylation is 1. The third-order valence-electron chi connectivity index (χ3n) is 4.88. The van der Waals surface area contributed by atoms with Gasteiger partial charge in [-0.15, -0.1) is 0 Å². The first-order valence-corrected chi connectivity index (χ1v) is 10.3. The Morgan fingerprint density at radius 1 is 1.18 bits per heavy atom. The monoisotopic (exact) mass is 462 g/mol. The van der Waals surface area contributed by atoms with Crippen LogP contribution in [-0.4, -0.2) is 79.0 Å². The standard InChI is InChI=1S/C20H26N4O3.2CH2O2/c1-15-21-11-17(22-15)13-24(14-19(25)26)20(27)18-9-5-6-10-23(18)12-16-7-3-2-4-8-16;2*2-1-3/h2-4,7-8,11,18H,5-6,9-10,12-14H2,1H3,(H,21,22)(H,25,26);2*1H,(H,2,3). The summed E-state index contributed by atoms with van der Waals surface area (Å²) < 4.78 is 0.